The zero-order chi connectivity index (χ0) is 26.0. The third kappa shape index (κ3) is 4.92. The van der Waals surface area contributed by atoms with Crippen LogP contribution < -0.4 is 19.9 Å². The first-order valence-corrected chi connectivity index (χ1v) is 13.2. The molecule has 0 fully saturated rings. The Morgan fingerprint density at radius 1 is 1.08 bits per heavy atom. The molecule has 4 rings (SSSR count). The fraction of sp³-hybridized carbons (Fsp3) is 0.280. The number of fused-ring (bicyclic) bond motifs is 1. The molecule has 0 aliphatic heterocycles. The molecule has 0 aliphatic rings. The predicted molar refractivity (Wildman–Crippen MR) is 134 cm³/mol. The van der Waals surface area contributed by atoms with Crippen molar-refractivity contribution < 1.29 is 27.0 Å². The lowest BCUT2D eigenvalue weighted by atomic mass is 10.0. The highest BCUT2D eigenvalue weighted by molar-refractivity contribution is 7.90. The molecule has 4 aromatic rings. The lowest BCUT2D eigenvalue weighted by Gasteiger charge is -2.19. The third-order valence-electron chi connectivity index (χ3n) is 5.66. The highest BCUT2D eigenvalue weighted by Crippen LogP contribution is 2.35. The van der Waals surface area contributed by atoms with Crippen LogP contribution in [-0.2, 0) is 9.84 Å². The molecule has 190 valence electrons. The van der Waals surface area contributed by atoms with E-state index in [1.165, 1.54) is 24.9 Å². The maximum Gasteiger partial charge on any atom is 0.327 e. The molecule has 0 bridgehead atoms. The van der Waals surface area contributed by atoms with Crippen LogP contribution in [0.2, 0.25) is 0 Å². The second-order valence-corrected chi connectivity index (χ2v) is 10.3. The van der Waals surface area contributed by atoms with Gasteiger partial charge in [0.25, 0.3) is 5.88 Å². The number of benzene rings is 2. The van der Waals surface area contributed by atoms with Crippen molar-refractivity contribution in [2.75, 3.05) is 32.8 Å². The summed E-state index contributed by atoms with van der Waals surface area (Å²) in [6.07, 6.45) is 1.09. The molecule has 0 amide bonds. The van der Waals surface area contributed by atoms with Crippen LogP contribution in [0.5, 0.6) is 17.4 Å². The minimum atomic E-state index is -3.54. The first-order chi connectivity index (χ1) is 17.2. The van der Waals surface area contributed by atoms with E-state index in [2.05, 4.69) is 9.97 Å². The highest BCUT2D eigenvalue weighted by Gasteiger charge is 2.26. The second kappa shape index (κ2) is 10.0. The fourth-order valence-electron chi connectivity index (χ4n) is 4.15. The summed E-state index contributed by atoms with van der Waals surface area (Å²) in [6, 6.07) is 11.7. The summed E-state index contributed by atoms with van der Waals surface area (Å²) in [7, 11) is -0.622. The van der Waals surface area contributed by atoms with Crippen molar-refractivity contribution in [3.05, 3.63) is 70.5 Å². The van der Waals surface area contributed by atoms with Crippen LogP contribution in [-0.4, -0.2) is 55.8 Å². The number of aromatic nitrogens is 3. The van der Waals surface area contributed by atoms with Gasteiger partial charge in [0.1, 0.15) is 21.4 Å². The molecular formula is C25H26FN3O6S. The van der Waals surface area contributed by atoms with E-state index in [0.717, 1.165) is 6.26 Å². The summed E-state index contributed by atoms with van der Waals surface area (Å²) in [5, 5.41) is 0. The van der Waals surface area contributed by atoms with Crippen molar-refractivity contribution in [2.24, 2.45) is 0 Å². The molecule has 0 saturated carbocycles. The van der Waals surface area contributed by atoms with Gasteiger partial charge in [-0.3, -0.25) is 4.57 Å². The van der Waals surface area contributed by atoms with Gasteiger partial charge < -0.3 is 19.2 Å². The zero-order valence-electron chi connectivity index (χ0n) is 20.2. The molecule has 9 nitrogen and oxygen atoms in total. The number of aromatic amines is 1. The maximum absolute atomic E-state index is 14.7. The molecule has 2 aromatic heterocycles. The Morgan fingerprint density at radius 2 is 1.83 bits per heavy atom. The Bertz CT molecular complexity index is 1580. The molecule has 0 aliphatic carbocycles. The Kier molecular flexibility index (Phi) is 7.02. The Balaban J connectivity index is 1.90. The minimum absolute atomic E-state index is 0.192. The number of nitrogens with one attached hydrogen (secondary N) is 1. The number of methoxy groups -OCH3 is 2. The monoisotopic (exact) mass is 515 g/mol. The van der Waals surface area contributed by atoms with Gasteiger partial charge in [-0.15, -0.1) is 0 Å². The summed E-state index contributed by atoms with van der Waals surface area (Å²) in [6.45, 7) is 2.10. The van der Waals surface area contributed by atoms with Gasteiger partial charge in [0, 0.05) is 6.26 Å². The van der Waals surface area contributed by atoms with E-state index in [-0.39, 0.29) is 17.2 Å². The van der Waals surface area contributed by atoms with Gasteiger partial charge in [0.05, 0.1) is 54.9 Å². The van der Waals surface area contributed by atoms with Crippen molar-refractivity contribution in [1.82, 2.24) is 14.5 Å². The first-order valence-electron chi connectivity index (χ1n) is 11.1. The zero-order valence-corrected chi connectivity index (χ0v) is 21.1. The molecule has 0 spiro atoms. The largest absolute Gasteiger partial charge is 0.496 e. The van der Waals surface area contributed by atoms with Crippen LogP contribution in [0.15, 0.2) is 53.3 Å². The van der Waals surface area contributed by atoms with Crippen molar-refractivity contribution in [2.45, 2.75) is 13.0 Å². The van der Waals surface area contributed by atoms with Gasteiger partial charge in [0.15, 0.2) is 5.75 Å². The standard InChI is InChI=1S/C25H26FN3O6S/c1-5-35-24-22(34-3)12-10-17(27-24)20(14-36(4,31)32)29-19-11-9-15(13-18(19)28-25(29)30)23-16(26)7-6-8-21(23)33-2/h6-13,20H,5,14H2,1-4H3,(H,28,30). The van der Waals surface area contributed by atoms with Gasteiger partial charge in [-0.1, -0.05) is 12.1 Å². The number of halogens is 1. The summed E-state index contributed by atoms with van der Waals surface area (Å²) in [5.41, 5.74) is 1.36. The molecule has 1 atom stereocenters. The molecule has 36 heavy (non-hydrogen) atoms. The van der Waals surface area contributed by atoms with Gasteiger partial charge in [-0.05, 0) is 48.9 Å². The van der Waals surface area contributed by atoms with Crippen molar-refractivity contribution in [1.29, 1.82) is 0 Å². The van der Waals surface area contributed by atoms with Gasteiger partial charge in [-0.25, -0.2) is 22.6 Å². The molecule has 11 heteroatoms. The number of rotatable bonds is 9. The van der Waals surface area contributed by atoms with E-state index in [9.17, 15) is 17.6 Å². The lowest BCUT2D eigenvalue weighted by molar-refractivity contribution is 0.296. The normalized spacial score (nSPS) is 12.5. The number of imidazole rings is 1. The van der Waals surface area contributed by atoms with E-state index < -0.39 is 27.4 Å². The topological polar surface area (TPSA) is 113 Å². The van der Waals surface area contributed by atoms with Crippen molar-refractivity contribution in [3.8, 4) is 28.5 Å². The summed E-state index contributed by atoms with van der Waals surface area (Å²) < 4.78 is 56.9. The Morgan fingerprint density at radius 3 is 2.50 bits per heavy atom. The maximum atomic E-state index is 14.7. The average molecular weight is 516 g/mol. The number of ether oxygens (including phenoxy) is 3. The number of hydrogen-bond donors (Lipinski definition) is 1. The smallest absolute Gasteiger partial charge is 0.327 e. The van der Waals surface area contributed by atoms with E-state index in [1.807, 2.05) is 0 Å². The van der Waals surface area contributed by atoms with Gasteiger partial charge in [0.2, 0.25) is 0 Å². The quantitative estimate of drug-likeness (QED) is 0.363. The molecular weight excluding hydrogens is 489 g/mol. The van der Waals surface area contributed by atoms with Crippen LogP contribution in [0.4, 0.5) is 4.39 Å². The molecule has 2 aromatic carbocycles. The number of pyridine rings is 1. The van der Waals surface area contributed by atoms with Gasteiger partial charge in [-0.2, -0.15) is 0 Å². The van der Waals surface area contributed by atoms with Crippen LogP contribution in [0.25, 0.3) is 22.2 Å². The molecule has 2 heterocycles. The van der Waals surface area contributed by atoms with E-state index >= 15 is 0 Å². The lowest BCUT2D eigenvalue weighted by Crippen LogP contribution is -2.29. The van der Waals surface area contributed by atoms with Crippen molar-refractivity contribution in [3.63, 3.8) is 0 Å². The van der Waals surface area contributed by atoms with Crippen LogP contribution in [0.3, 0.4) is 0 Å². The highest BCUT2D eigenvalue weighted by atomic mass is 32.2. The number of H-pyrrole nitrogens is 1. The third-order valence-corrected chi connectivity index (χ3v) is 6.58. The van der Waals surface area contributed by atoms with Crippen molar-refractivity contribution >= 4 is 20.9 Å². The summed E-state index contributed by atoms with van der Waals surface area (Å²) in [5.74, 6) is 0.0627. The number of hydrogen-bond acceptors (Lipinski definition) is 7. The second-order valence-electron chi connectivity index (χ2n) is 8.13. The predicted octanol–water partition coefficient (Wildman–Crippen LogP) is 3.58. The average Bonchev–Trinajstić information content (AvgIpc) is 3.16. The Hall–Kier alpha value is -3.86. The molecule has 1 unspecified atom stereocenters. The van der Waals surface area contributed by atoms with E-state index in [4.69, 9.17) is 14.2 Å². The van der Waals surface area contributed by atoms with Gasteiger partial charge >= 0.3 is 5.69 Å². The molecule has 0 radical (unpaired) electrons. The SMILES string of the molecule is CCOc1nc(C(CS(C)(=O)=O)n2c(=O)[nH]c3cc(-c4c(F)cccc4OC)ccc32)ccc1OC. The Labute approximate surface area is 207 Å². The number of sulfone groups is 1. The molecule has 1 N–H and O–H groups in total. The summed E-state index contributed by atoms with van der Waals surface area (Å²) in [4.78, 5) is 20.4. The van der Waals surface area contributed by atoms with Crippen LogP contribution in [0, 0.1) is 5.82 Å². The summed E-state index contributed by atoms with van der Waals surface area (Å²) >= 11 is 0. The fourth-order valence-corrected chi connectivity index (χ4v) is 5.05. The number of nitrogens with zero attached hydrogens (tertiary/aromatic N) is 2. The first kappa shape index (κ1) is 25.2. The molecule has 0 saturated heterocycles. The van der Waals surface area contributed by atoms with E-state index in [0.29, 0.717) is 40.4 Å². The minimum Gasteiger partial charge on any atom is -0.496 e. The van der Waals surface area contributed by atoms with Crippen LogP contribution >= 0.6 is 0 Å². The van der Waals surface area contributed by atoms with Crippen LogP contribution in [0.1, 0.15) is 18.7 Å². The van der Waals surface area contributed by atoms with E-state index in [1.54, 1.807) is 49.4 Å².